The highest BCUT2D eigenvalue weighted by atomic mass is 16.5. The maximum atomic E-state index is 5.69. The van der Waals surface area contributed by atoms with Crippen LogP contribution >= 0.6 is 0 Å². The van der Waals surface area contributed by atoms with Gasteiger partial charge in [0.05, 0.1) is 20.3 Å². The number of hydrogen-bond donors (Lipinski definition) is 2. The number of H-pyrrole nitrogens is 1. The summed E-state index contributed by atoms with van der Waals surface area (Å²) < 4.78 is 11.1. The molecule has 0 bridgehead atoms. The predicted octanol–water partition coefficient (Wildman–Crippen LogP) is 4.54. The number of benzene rings is 2. The van der Waals surface area contributed by atoms with Crippen LogP contribution in [0.15, 0.2) is 36.4 Å². The van der Waals surface area contributed by atoms with Gasteiger partial charge in [-0.1, -0.05) is 19.9 Å². The molecule has 1 aromatic heterocycles. The lowest BCUT2D eigenvalue weighted by molar-refractivity contribution is 0.401. The molecular weight excluding hydrogens is 324 g/mol. The lowest BCUT2D eigenvalue weighted by atomic mass is 9.91. The largest absolute Gasteiger partial charge is 0.497 e. The molecule has 0 saturated carbocycles. The van der Waals surface area contributed by atoms with Crippen LogP contribution < -0.4 is 14.8 Å². The van der Waals surface area contributed by atoms with Crippen molar-refractivity contribution in [1.29, 1.82) is 0 Å². The lowest BCUT2D eigenvalue weighted by Gasteiger charge is -2.27. The van der Waals surface area contributed by atoms with Crippen LogP contribution in [0.4, 0.5) is 0 Å². The van der Waals surface area contributed by atoms with E-state index in [4.69, 9.17) is 9.47 Å². The van der Waals surface area contributed by atoms with Gasteiger partial charge in [0.2, 0.25) is 0 Å². The highest BCUT2D eigenvalue weighted by Crippen LogP contribution is 2.38. The van der Waals surface area contributed by atoms with E-state index in [1.54, 1.807) is 14.2 Å². The molecule has 2 heterocycles. The second kappa shape index (κ2) is 6.69. The zero-order chi connectivity index (χ0) is 18.3. The number of hydrogen-bond acceptors (Lipinski definition) is 3. The standard InChI is InChI=1S/C22H26N2O2/c1-13(2)14-5-8-20(26-4)18(11-14)21-22-16(9-10-23-21)17-12-15(25-3)6-7-19(17)24-22/h5-8,11-13,21,23-24H,9-10H2,1-4H3. The molecule has 1 unspecified atom stereocenters. The van der Waals surface area contributed by atoms with Gasteiger partial charge in [0.15, 0.2) is 0 Å². The summed E-state index contributed by atoms with van der Waals surface area (Å²) in [5.74, 6) is 2.31. The molecule has 0 spiro atoms. The first kappa shape index (κ1) is 17.0. The van der Waals surface area contributed by atoms with Gasteiger partial charge in [-0.25, -0.2) is 0 Å². The number of methoxy groups -OCH3 is 2. The van der Waals surface area contributed by atoms with Gasteiger partial charge < -0.3 is 19.8 Å². The second-order valence-electron chi connectivity index (χ2n) is 7.22. The minimum Gasteiger partial charge on any atom is -0.497 e. The molecule has 0 radical (unpaired) electrons. The molecular formula is C22H26N2O2. The van der Waals surface area contributed by atoms with Crippen LogP contribution in [0.25, 0.3) is 10.9 Å². The van der Waals surface area contributed by atoms with Gasteiger partial charge in [-0.2, -0.15) is 0 Å². The Kier molecular flexibility index (Phi) is 4.37. The van der Waals surface area contributed by atoms with Crippen molar-refractivity contribution in [1.82, 2.24) is 10.3 Å². The van der Waals surface area contributed by atoms with E-state index in [1.165, 1.54) is 27.8 Å². The Morgan fingerprint density at radius 1 is 1.04 bits per heavy atom. The summed E-state index contributed by atoms with van der Waals surface area (Å²) in [5.41, 5.74) is 6.28. The average Bonchev–Trinajstić information content (AvgIpc) is 3.05. The van der Waals surface area contributed by atoms with Crippen LogP contribution in [0, 0.1) is 0 Å². The van der Waals surface area contributed by atoms with Gasteiger partial charge in [0.25, 0.3) is 0 Å². The Balaban J connectivity index is 1.87. The van der Waals surface area contributed by atoms with Crippen molar-refractivity contribution in [2.45, 2.75) is 32.2 Å². The molecule has 1 aliphatic rings. The maximum absolute atomic E-state index is 5.69. The molecule has 1 atom stereocenters. The monoisotopic (exact) mass is 350 g/mol. The molecule has 0 saturated heterocycles. The summed E-state index contributed by atoms with van der Waals surface area (Å²) in [4.78, 5) is 3.64. The number of aromatic nitrogens is 1. The molecule has 0 fully saturated rings. The average molecular weight is 350 g/mol. The van der Waals surface area contributed by atoms with E-state index in [9.17, 15) is 0 Å². The van der Waals surface area contributed by atoms with Crippen molar-refractivity contribution in [3.05, 3.63) is 58.8 Å². The molecule has 136 valence electrons. The van der Waals surface area contributed by atoms with Crippen molar-refractivity contribution in [3.8, 4) is 11.5 Å². The SMILES string of the molecule is COc1ccc2[nH]c3c(c2c1)CCNC3c1cc(C(C)C)ccc1OC. The van der Waals surface area contributed by atoms with Crippen molar-refractivity contribution in [2.24, 2.45) is 0 Å². The minimum absolute atomic E-state index is 0.103. The van der Waals surface area contributed by atoms with Gasteiger partial charge in [0, 0.05) is 28.7 Å². The van der Waals surface area contributed by atoms with Gasteiger partial charge in [-0.05, 0) is 53.8 Å². The Hall–Kier alpha value is -2.46. The first-order valence-corrected chi connectivity index (χ1v) is 9.22. The minimum atomic E-state index is 0.103. The Bertz CT molecular complexity index is 943. The Morgan fingerprint density at radius 3 is 2.62 bits per heavy atom. The van der Waals surface area contributed by atoms with E-state index in [1.807, 2.05) is 6.07 Å². The Labute approximate surface area is 154 Å². The molecule has 2 aromatic carbocycles. The van der Waals surface area contributed by atoms with Gasteiger partial charge >= 0.3 is 0 Å². The molecule has 26 heavy (non-hydrogen) atoms. The van der Waals surface area contributed by atoms with Crippen LogP contribution in [0.1, 0.15) is 48.2 Å². The van der Waals surface area contributed by atoms with E-state index in [2.05, 4.69) is 54.5 Å². The molecule has 4 nitrogen and oxygen atoms in total. The fraction of sp³-hybridized carbons (Fsp3) is 0.364. The predicted molar refractivity (Wildman–Crippen MR) is 105 cm³/mol. The summed E-state index contributed by atoms with van der Waals surface area (Å²) in [6.07, 6.45) is 1.01. The van der Waals surface area contributed by atoms with Crippen LogP contribution in [0.2, 0.25) is 0 Å². The quantitative estimate of drug-likeness (QED) is 0.726. The third-order valence-corrected chi connectivity index (χ3v) is 5.39. The number of aromatic amines is 1. The van der Waals surface area contributed by atoms with Crippen molar-refractivity contribution < 1.29 is 9.47 Å². The first-order valence-electron chi connectivity index (χ1n) is 9.22. The number of rotatable bonds is 4. The van der Waals surface area contributed by atoms with Crippen LogP contribution in [-0.2, 0) is 6.42 Å². The summed E-state index contributed by atoms with van der Waals surface area (Å²) >= 11 is 0. The summed E-state index contributed by atoms with van der Waals surface area (Å²) in [6.45, 7) is 5.39. The third kappa shape index (κ3) is 2.74. The summed E-state index contributed by atoms with van der Waals surface area (Å²) in [7, 11) is 3.46. The third-order valence-electron chi connectivity index (χ3n) is 5.39. The highest BCUT2D eigenvalue weighted by molar-refractivity contribution is 5.86. The van der Waals surface area contributed by atoms with E-state index in [0.717, 1.165) is 30.0 Å². The fourth-order valence-corrected chi connectivity index (χ4v) is 3.94. The normalized spacial score (nSPS) is 16.7. The van der Waals surface area contributed by atoms with E-state index >= 15 is 0 Å². The molecule has 2 N–H and O–H groups in total. The maximum Gasteiger partial charge on any atom is 0.124 e. The summed E-state index contributed by atoms with van der Waals surface area (Å²) in [6, 6.07) is 12.9. The number of fused-ring (bicyclic) bond motifs is 3. The van der Waals surface area contributed by atoms with Gasteiger partial charge in [0.1, 0.15) is 11.5 Å². The van der Waals surface area contributed by atoms with Gasteiger partial charge in [-0.3, -0.25) is 0 Å². The number of nitrogens with one attached hydrogen (secondary N) is 2. The summed E-state index contributed by atoms with van der Waals surface area (Å²) in [5, 5.41) is 4.93. The number of ether oxygens (including phenoxy) is 2. The molecule has 1 aliphatic heterocycles. The lowest BCUT2D eigenvalue weighted by Crippen LogP contribution is -2.30. The van der Waals surface area contributed by atoms with Crippen molar-refractivity contribution in [3.63, 3.8) is 0 Å². The molecule has 0 amide bonds. The van der Waals surface area contributed by atoms with E-state index in [0.29, 0.717) is 5.92 Å². The van der Waals surface area contributed by atoms with Crippen molar-refractivity contribution in [2.75, 3.05) is 20.8 Å². The Morgan fingerprint density at radius 2 is 1.88 bits per heavy atom. The zero-order valence-corrected chi connectivity index (χ0v) is 15.8. The fourth-order valence-electron chi connectivity index (χ4n) is 3.94. The van der Waals surface area contributed by atoms with Crippen LogP contribution in [-0.4, -0.2) is 25.7 Å². The van der Waals surface area contributed by atoms with Crippen molar-refractivity contribution >= 4 is 10.9 Å². The zero-order valence-electron chi connectivity index (χ0n) is 15.8. The molecule has 0 aliphatic carbocycles. The smallest absolute Gasteiger partial charge is 0.124 e. The van der Waals surface area contributed by atoms with Crippen LogP contribution in [0.5, 0.6) is 11.5 Å². The second-order valence-corrected chi connectivity index (χ2v) is 7.22. The first-order chi connectivity index (χ1) is 12.6. The van der Waals surface area contributed by atoms with E-state index < -0.39 is 0 Å². The topological polar surface area (TPSA) is 46.3 Å². The molecule has 3 aromatic rings. The van der Waals surface area contributed by atoms with E-state index in [-0.39, 0.29) is 6.04 Å². The van der Waals surface area contributed by atoms with Gasteiger partial charge in [-0.15, -0.1) is 0 Å². The highest BCUT2D eigenvalue weighted by Gasteiger charge is 2.28. The molecule has 4 heteroatoms. The molecule has 4 rings (SSSR count). The van der Waals surface area contributed by atoms with Crippen LogP contribution in [0.3, 0.4) is 0 Å².